The summed E-state index contributed by atoms with van der Waals surface area (Å²) in [6.07, 6.45) is 7.05. The molecule has 1 aliphatic carbocycles. The van der Waals surface area contributed by atoms with Gasteiger partial charge in [0.15, 0.2) is 0 Å². The number of nitrogens with zero attached hydrogens (tertiary/aromatic N) is 1. The van der Waals surface area contributed by atoms with Gasteiger partial charge < -0.3 is 15.3 Å². The number of amides is 1. The van der Waals surface area contributed by atoms with E-state index in [2.05, 4.69) is 10.2 Å². The van der Waals surface area contributed by atoms with Crippen LogP contribution in [0.1, 0.15) is 44.9 Å². The molecule has 2 fully saturated rings. The Bertz CT molecular complexity index is 265. The topological polar surface area (TPSA) is 52.6 Å². The van der Waals surface area contributed by atoms with Gasteiger partial charge in [0.05, 0.1) is 6.10 Å². The number of carbonyl (C=O) groups excluding carboxylic acids is 1. The van der Waals surface area contributed by atoms with Gasteiger partial charge in [-0.05, 0) is 51.1 Å². The van der Waals surface area contributed by atoms with Crippen molar-refractivity contribution in [2.75, 3.05) is 26.2 Å². The minimum atomic E-state index is -0.148. The lowest BCUT2D eigenvalue weighted by molar-refractivity contribution is -0.121. The molecule has 2 aliphatic rings. The summed E-state index contributed by atoms with van der Waals surface area (Å²) in [6, 6.07) is 0. The van der Waals surface area contributed by atoms with E-state index in [4.69, 9.17) is 0 Å². The summed E-state index contributed by atoms with van der Waals surface area (Å²) in [4.78, 5) is 14.1. The van der Waals surface area contributed by atoms with E-state index in [1.807, 2.05) is 0 Å². The molecule has 4 nitrogen and oxygen atoms in total. The average Bonchev–Trinajstić information content (AvgIpc) is 2.87. The second kappa shape index (κ2) is 7.10. The first-order chi connectivity index (χ1) is 8.74. The Morgan fingerprint density at radius 3 is 2.72 bits per heavy atom. The molecule has 104 valence electrons. The van der Waals surface area contributed by atoms with Crippen LogP contribution in [0.3, 0.4) is 0 Å². The van der Waals surface area contributed by atoms with Crippen LogP contribution in [0.25, 0.3) is 0 Å². The summed E-state index contributed by atoms with van der Waals surface area (Å²) in [6.45, 7) is 3.96. The maximum absolute atomic E-state index is 11.7. The van der Waals surface area contributed by atoms with Crippen LogP contribution in [-0.4, -0.2) is 48.2 Å². The van der Waals surface area contributed by atoms with E-state index in [1.54, 1.807) is 0 Å². The van der Waals surface area contributed by atoms with E-state index >= 15 is 0 Å². The Labute approximate surface area is 110 Å². The fraction of sp³-hybridized carbons (Fsp3) is 0.929. The van der Waals surface area contributed by atoms with Crippen LogP contribution >= 0.6 is 0 Å². The number of carbonyl (C=O) groups is 1. The number of hydrogen-bond acceptors (Lipinski definition) is 3. The molecule has 0 bridgehead atoms. The first kappa shape index (κ1) is 13.8. The first-order valence-corrected chi connectivity index (χ1v) is 7.41. The van der Waals surface area contributed by atoms with E-state index < -0.39 is 0 Å². The molecule has 1 saturated heterocycles. The van der Waals surface area contributed by atoms with Crippen molar-refractivity contribution in [2.45, 2.75) is 51.0 Å². The van der Waals surface area contributed by atoms with Crippen molar-refractivity contribution >= 4 is 5.91 Å². The second-order valence-corrected chi connectivity index (χ2v) is 5.79. The highest BCUT2D eigenvalue weighted by Gasteiger charge is 2.20. The Kier molecular flexibility index (Phi) is 5.45. The van der Waals surface area contributed by atoms with E-state index in [-0.39, 0.29) is 12.0 Å². The molecule has 1 saturated carbocycles. The zero-order valence-corrected chi connectivity index (χ0v) is 11.2. The average molecular weight is 254 g/mol. The van der Waals surface area contributed by atoms with Crippen LogP contribution in [0, 0.1) is 5.92 Å². The van der Waals surface area contributed by atoms with Gasteiger partial charge in [-0.25, -0.2) is 0 Å². The summed E-state index contributed by atoms with van der Waals surface area (Å²) in [5, 5.41) is 12.6. The first-order valence-electron chi connectivity index (χ1n) is 7.41. The molecule has 0 spiro atoms. The van der Waals surface area contributed by atoms with Crippen LogP contribution in [-0.2, 0) is 4.79 Å². The number of rotatable bonds is 5. The number of aliphatic hydroxyl groups excluding tert-OH is 1. The molecule has 1 amide bonds. The molecule has 0 aromatic rings. The Morgan fingerprint density at radius 2 is 2.00 bits per heavy atom. The van der Waals surface area contributed by atoms with Crippen LogP contribution in [0.2, 0.25) is 0 Å². The smallest absolute Gasteiger partial charge is 0.221 e. The lowest BCUT2D eigenvalue weighted by Crippen LogP contribution is -2.34. The van der Waals surface area contributed by atoms with Crippen molar-refractivity contribution in [3.8, 4) is 0 Å². The van der Waals surface area contributed by atoms with Crippen molar-refractivity contribution in [1.29, 1.82) is 0 Å². The molecule has 0 aromatic carbocycles. The van der Waals surface area contributed by atoms with Gasteiger partial charge in [-0.3, -0.25) is 4.79 Å². The van der Waals surface area contributed by atoms with Crippen molar-refractivity contribution < 1.29 is 9.90 Å². The number of likely N-dealkylation sites (tertiary alicyclic amines) is 1. The van der Waals surface area contributed by atoms with E-state index in [9.17, 15) is 9.90 Å². The molecule has 2 atom stereocenters. The Morgan fingerprint density at radius 1 is 1.22 bits per heavy atom. The largest absolute Gasteiger partial charge is 0.393 e. The second-order valence-electron chi connectivity index (χ2n) is 5.79. The fourth-order valence-corrected chi connectivity index (χ4v) is 3.06. The molecule has 0 aromatic heterocycles. The van der Waals surface area contributed by atoms with Crippen LogP contribution < -0.4 is 5.32 Å². The van der Waals surface area contributed by atoms with Gasteiger partial charge in [-0.1, -0.05) is 6.42 Å². The predicted molar refractivity (Wildman–Crippen MR) is 71.3 cm³/mol. The number of aliphatic hydroxyl groups is 1. The van der Waals surface area contributed by atoms with Gasteiger partial charge >= 0.3 is 0 Å². The summed E-state index contributed by atoms with van der Waals surface area (Å²) in [7, 11) is 0. The Hall–Kier alpha value is -0.610. The minimum absolute atomic E-state index is 0.148. The SMILES string of the molecule is O=C(CCN1CCCC1)NCC1CCCC(O)C1. The molecule has 1 aliphatic heterocycles. The monoisotopic (exact) mass is 254 g/mol. The molecular weight excluding hydrogens is 228 g/mol. The van der Waals surface area contributed by atoms with Gasteiger partial charge in [0.2, 0.25) is 5.91 Å². The highest BCUT2D eigenvalue weighted by molar-refractivity contribution is 5.76. The highest BCUT2D eigenvalue weighted by Crippen LogP contribution is 2.23. The van der Waals surface area contributed by atoms with E-state index in [1.165, 1.54) is 12.8 Å². The molecule has 2 N–H and O–H groups in total. The van der Waals surface area contributed by atoms with Crippen molar-refractivity contribution in [3.05, 3.63) is 0 Å². The number of hydrogen-bond donors (Lipinski definition) is 2. The summed E-state index contributed by atoms with van der Waals surface area (Å²) >= 11 is 0. The molecule has 18 heavy (non-hydrogen) atoms. The minimum Gasteiger partial charge on any atom is -0.393 e. The third-order valence-electron chi connectivity index (χ3n) is 4.20. The lowest BCUT2D eigenvalue weighted by atomic mass is 9.87. The van der Waals surface area contributed by atoms with Gasteiger partial charge in [-0.15, -0.1) is 0 Å². The normalized spacial score (nSPS) is 29.4. The third kappa shape index (κ3) is 4.58. The van der Waals surface area contributed by atoms with Crippen molar-refractivity contribution in [1.82, 2.24) is 10.2 Å². The molecule has 1 heterocycles. The third-order valence-corrected chi connectivity index (χ3v) is 4.20. The summed E-state index contributed by atoms with van der Waals surface area (Å²) < 4.78 is 0. The van der Waals surface area contributed by atoms with Gasteiger partial charge in [-0.2, -0.15) is 0 Å². The predicted octanol–water partition coefficient (Wildman–Crippen LogP) is 1.14. The molecule has 4 heteroatoms. The van der Waals surface area contributed by atoms with Gasteiger partial charge in [0.1, 0.15) is 0 Å². The maximum atomic E-state index is 11.7. The maximum Gasteiger partial charge on any atom is 0.221 e. The Balaban J connectivity index is 1.56. The van der Waals surface area contributed by atoms with Crippen molar-refractivity contribution in [2.24, 2.45) is 5.92 Å². The molecule has 2 unspecified atom stereocenters. The zero-order chi connectivity index (χ0) is 12.8. The standard InChI is InChI=1S/C14H26N2O2/c17-13-5-3-4-12(10-13)11-15-14(18)6-9-16-7-1-2-8-16/h12-13,17H,1-11H2,(H,15,18). The van der Waals surface area contributed by atoms with E-state index in [0.717, 1.165) is 51.9 Å². The summed E-state index contributed by atoms with van der Waals surface area (Å²) in [5.41, 5.74) is 0. The van der Waals surface area contributed by atoms with Gasteiger partial charge in [0, 0.05) is 19.5 Å². The molecule has 2 rings (SSSR count). The number of nitrogens with one attached hydrogen (secondary N) is 1. The lowest BCUT2D eigenvalue weighted by Gasteiger charge is -2.26. The highest BCUT2D eigenvalue weighted by atomic mass is 16.3. The molecule has 0 radical (unpaired) electrons. The van der Waals surface area contributed by atoms with E-state index in [0.29, 0.717) is 12.3 Å². The molecular formula is C14H26N2O2. The van der Waals surface area contributed by atoms with Gasteiger partial charge in [0.25, 0.3) is 0 Å². The van der Waals surface area contributed by atoms with Crippen molar-refractivity contribution in [3.63, 3.8) is 0 Å². The van der Waals surface area contributed by atoms with Crippen LogP contribution in [0.5, 0.6) is 0 Å². The fourth-order valence-electron chi connectivity index (χ4n) is 3.06. The zero-order valence-electron chi connectivity index (χ0n) is 11.2. The summed E-state index contributed by atoms with van der Waals surface area (Å²) in [5.74, 6) is 0.645. The van der Waals surface area contributed by atoms with Crippen LogP contribution in [0.4, 0.5) is 0 Å². The van der Waals surface area contributed by atoms with Crippen LogP contribution in [0.15, 0.2) is 0 Å². The quantitative estimate of drug-likeness (QED) is 0.773.